The monoisotopic (exact) mass is 203 g/mol. The lowest BCUT2D eigenvalue weighted by molar-refractivity contribution is 0.645. The minimum atomic E-state index is 0.265. The maximum atomic E-state index is 8.61. The van der Waals surface area contributed by atoms with E-state index in [0.29, 0.717) is 13.0 Å². The lowest BCUT2D eigenvalue weighted by atomic mass is 10.2. The largest absolute Gasteiger partial charge is 0.367 e. The highest BCUT2D eigenvalue weighted by Crippen LogP contribution is 2.16. The van der Waals surface area contributed by atoms with Gasteiger partial charge in [-0.2, -0.15) is 5.26 Å². The summed E-state index contributed by atoms with van der Waals surface area (Å²) in [5, 5.41) is 8.61. The van der Waals surface area contributed by atoms with Crippen LogP contribution in [-0.2, 0) is 0 Å². The smallest absolute Gasteiger partial charge is 0.0640 e. The van der Waals surface area contributed by atoms with Crippen molar-refractivity contribution in [3.63, 3.8) is 0 Å². The summed E-state index contributed by atoms with van der Waals surface area (Å²) in [4.78, 5) is 2.17. The van der Waals surface area contributed by atoms with Gasteiger partial charge < -0.3 is 10.6 Å². The Kier molecular flexibility index (Phi) is 4.65. The number of nitrogens with two attached hydrogens (primary N) is 1. The van der Waals surface area contributed by atoms with Crippen LogP contribution in [0.1, 0.15) is 13.3 Å². The zero-order valence-corrected chi connectivity index (χ0v) is 9.06. The van der Waals surface area contributed by atoms with Gasteiger partial charge in [0.15, 0.2) is 0 Å². The molecule has 1 rings (SSSR count). The number of para-hydroxylation sites is 1. The Hall–Kier alpha value is -1.53. The molecule has 1 aromatic carbocycles. The van der Waals surface area contributed by atoms with Crippen molar-refractivity contribution in [3.05, 3.63) is 30.3 Å². The molecule has 0 aromatic heterocycles. The van der Waals surface area contributed by atoms with E-state index in [-0.39, 0.29) is 6.04 Å². The molecule has 0 amide bonds. The van der Waals surface area contributed by atoms with E-state index >= 15 is 0 Å². The quantitative estimate of drug-likeness (QED) is 0.793. The third-order valence-electron chi connectivity index (χ3n) is 2.43. The molecule has 1 unspecified atom stereocenters. The molecular formula is C12H17N3. The van der Waals surface area contributed by atoms with Gasteiger partial charge in [0.25, 0.3) is 0 Å². The second-order valence-corrected chi connectivity index (χ2v) is 3.52. The first-order valence-electron chi connectivity index (χ1n) is 5.18. The van der Waals surface area contributed by atoms with Gasteiger partial charge in [-0.15, -0.1) is 0 Å². The van der Waals surface area contributed by atoms with Crippen LogP contribution in [0.3, 0.4) is 0 Å². The topological polar surface area (TPSA) is 53.0 Å². The average molecular weight is 203 g/mol. The lowest BCUT2D eigenvalue weighted by Crippen LogP contribution is -2.39. The van der Waals surface area contributed by atoms with Gasteiger partial charge in [-0.25, -0.2) is 0 Å². The van der Waals surface area contributed by atoms with E-state index in [9.17, 15) is 0 Å². The summed E-state index contributed by atoms with van der Waals surface area (Å²) in [7, 11) is 0. The van der Waals surface area contributed by atoms with E-state index in [0.717, 1.165) is 12.2 Å². The zero-order valence-electron chi connectivity index (χ0n) is 9.06. The van der Waals surface area contributed by atoms with Crippen LogP contribution in [-0.4, -0.2) is 19.1 Å². The maximum Gasteiger partial charge on any atom is 0.0640 e. The van der Waals surface area contributed by atoms with E-state index in [1.165, 1.54) is 0 Å². The Bertz CT molecular complexity index is 315. The van der Waals surface area contributed by atoms with Crippen molar-refractivity contribution >= 4 is 5.69 Å². The SMILES string of the molecule is CC(CN)N(CCC#N)c1ccccc1. The van der Waals surface area contributed by atoms with Gasteiger partial charge in [-0.1, -0.05) is 18.2 Å². The fourth-order valence-corrected chi connectivity index (χ4v) is 1.52. The second-order valence-electron chi connectivity index (χ2n) is 3.52. The number of benzene rings is 1. The fourth-order valence-electron chi connectivity index (χ4n) is 1.52. The first-order chi connectivity index (χ1) is 7.29. The fraction of sp³-hybridized carbons (Fsp3) is 0.417. The minimum Gasteiger partial charge on any atom is -0.367 e. The molecule has 0 saturated carbocycles. The Labute approximate surface area is 91.1 Å². The summed E-state index contributed by atoms with van der Waals surface area (Å²) in [6.45, 7) is 3.41. The zero-order chi connectivity index (χ0) is 11.1. The number of rotatable bonds is 5. The van der Waals surface area contributed by atoms with Crippen molar-refractivity contribution in [3.8, 4) is 6.07 Å². The molecule has 0 radical (unpaired) electrons. The number of hydrogen-bond donors (Lipinski definition) is 1. The van der Waals surface area contributed by atoms with Crippen LogP contribution in [0.2, 0.25) is 0 Å². The van der Waals surface area contributed by atoms with Crippen molar-refractivity contribution < 1.29 is 0 Å². The summed E-state index contributed by atoms with van der Waals surface area (Å²) in [6, 6.07) is 12.5. The Morgan fingerprint density at radius 1 is 1.40 bits per heavy atom. The molecule has 0 aliphatic heterocycles. The van der Waals surface area contributed by atoms with Crippen molar-refractivity contribution in [1.29, 1.82) is 5.26 Å². The van der Waals surface area contributed by atoms with Gasteiger partial charge >= 0.3 is 0 Å². The van der Waals surface area contributed by atoms with Crippen LogP contribution in [0.25, 0.3) is 0 Å². The molecule has 0 saturated heterocycles. The molecule has 0 bridgehead atoms. The molecule has 0 aliphatic carbocycles. The molecule has 1 aromatic rings. The maximum absolute atomic E-state index is 8.61. The summed E-state index contributed by atoms with van der Waals surface area (Å²) in [6.07, 6.45) is 0.527. The van der Waals surface area contributed by atoms with Crippen LogP contribution in [0.5, 0.6) is 0 Å². The van der Waals surface area contributed by atoms with Crippen molar-refractivity contribution in [1.82, 2.24) is 0 Å². The van der Waals surface area contributed by atoms with Gasteiger partial charge in [0, 0.05) is 24.8 Å². The van der Waals surface area contributed by atoms with Gasteiger partial charge in [-0.3, -0.25) is 0 Å². The normalized spacial score (nSPS) is 11.8. The third kappa shape index (κ3) is 3.26. The van der Waals surface area contributed by atoms with Crippen molar-refractivity contribution in [2.45, 2.75) is 19.4 Å². The predicted octanol–water partition coefficient (Wildman–Crippen LogP) is 1.75. The highest BCUT2D eigenvalue weighted by atomic mass is 15.2. The summed E-state index contributed by atoms with van der Waals surface area (Å²) >= 11 is 0. The van der Waals surface area contributed by atoms with Crippen LogP contribution in [0, 0.1) is 11.3 Å². The van der Waals surface area contributed by atoms with E-state index in [2.05, 4.69) is 17.9 Å². The summed E-state index contributed by atoms with van der Waals surface area (Å²) in [5.41, 5.74) is 6.79. The third-order valence-corrected chi connectivity index (χ3v) is 2.43. The molecular weight excluding hydrogens is 186 g/mol. The van der Waals surface area contributed by atoms with Crippen LogP contribution < -0.4 is 10.6 Å². The van der Waals surface area contributed by atoms with E-state index in [4.69, 9.17) is 11.0 Å². The Morgan fingerprint density at radius 2 is 2.07 bits per heavy atom. The molecule has 15 heavy (non-hydrogen) atoms. The molecule has 3 nitrogen and oxygen atoms in total. The van der Waals surface area contributed by atoms with Gasteiger partial charge in [-0.05, 0) is 19.1 Å². The van der Waals surface area contributed by atoms with E-state index in [1.807, 2.05) is 30.3 Å². The molecule has 3 heteroatoms. The van der Waals surface area contributed by atoms with Crippen molar-refractivity contribution in [2.75, 3.05) is 18.0 Å². The van der Waals surface area contributed by atoms with Crippen LogP contribution in [0.15, 0.2) is 30.3 Å². The molecule has 0 spiro atoms. The van der Waals surface area contributed by atoms with E-state index < -0.39 is 0 Å². The Morgan fingerprint density at radius 3 is 2.60 bits per heavy atom. The molecule has 0 heterocycles. The minimum absolute atomic E-state index is 0.265. The first-order valence-corrected chi connectivity index (χ1v) is 5.18. The Balaban J connectivity index is 2.77. The predicted molar refractivity (Wildman–Crippen MR) is 62.5 cm³/mol. The van der Waals surface area contributed by atoms with Gasteiger partial charge in [0.2, 0.25) is 0 Å². The molecule has 0 aliphatic rings. The van der Waals surface area contributed by atoms with Crippen LogP contribution in [0.4, 0.5) is 5.69 Å². The van der Waals surface area contributed by atoms with Gasteiger partial charge in [0.05, 0.1) is 12.5 Å². The average Bonchev–Trinajstić information content (AvgIpc) is 2.30. The standard InChI is InChI=1S/C12H17N3/c1-11(10-14)15(9-5-8-13)12-6-3-2-4-7-12/h2-4,6-7,11H,5,9-10,14H2,1H3. The second kappa shape index (κ2) is 6.05. The highest BCUT2D eigenvalue weighted by Gasteiger charge is 2.11. The summed E-state index contributed by atoms with van der Waals surface area (Å²) in [5.74, 6) is 0. The number of nitrogens with zero attached hydrogens (tertiary/aromatic N) is 2. The number of anilines is 1. The van der Waals surface area contributed by atoms with Gasteiger partial charge in [0.1, 0.15) is 0 Å². The van der Waals surface area contributed by atoms with Crippen molar-refractivity contribution in [2.24, 2.45) is 5.73 Å². The number of nitriles is 1. The molecule has 80 valence electrons. The lowest BCUT2D eigenvalue weighted by Gasteiger charge is -2.29. The summed E-state index contributed by atoms with van der Waals surface area (Å²) < 4.78 is 0. The van der Waals surface area contributed by atoms with Crippen LogP contribution >= 0.6 is 0 Å². The first kappa shape index (κ1) is 11.5. The van der Waals surface area contributed by atoms with E-state index in [1.54, 1.807) is 0 Å². The molecule has 1 atom stereocenters. The molecule has 2 N–H and O–H groups in total. The highest BCUT2D eigenvalue weighted by molar-refractivity contribution is 5.47. The molecule has 0 fully saturated rings. The number of hydrogen-bond acceptors (Lipinski definition) is 3.